The molecule has 0 aromatic carbocycles. The molecule has 32 heavy (non-hydrogen) atoms. The average Bonchev–Trinajstić information content (AvgIpc) is 3.04. The van der Waals surface area contributed by atoms with Gasteiger partial charge in [0, 0.05) is 39.5 Å². The maximum absolute atomic E-state index is 13.5. The van der Waals surface area contributed by atoms with Crippen LogP contribution < -0.4 is 10.5 Å². The van der Waals surface area contributed by atoms with Crippen molar-refractivity contribution < 1.29 is 9.53 Å². The van der Waals surface area contributed by atoms with Crippen LogP contribution in [0, 0.1) is 12.8 Å². The van der Waals surface area contributed by atoms with Crippen molar-refractivity contribution in [2.24, 2.45) is 5.92 Å². The Balaban J connectivity index is 1.77. The number of amides is 1. The number of hydrogen-bond acceptors (Lipinski definition) is 7. The number of pyridine rings is 1. The van der Waals surface area contributed by atoms with Crippen molar-refractivity contribution in [2.45, 2.75) is 33.1 Å². The zero-order chi connectivity index (χ0) is 22.8. The van der Waals surface area contributed by atoms with Crippen LogP contribution in [-0.2, 0) is 9.53 Å². The summed E-state index contributed by atoms with van der Waals surface area (Å²) in [5.41, 5.74) is 1.85. The molecule has 4 heterocycles. The molecule has 0 bridgehead atoms. The minimum atomic E-state index is -0.169. The number of nitrogens with zero attached hydrogens (tertiary/aromatic N) is 4. The largest absolute Gasteiger partial charge is 0.385 e. The third-order valence-electron chi connectivity index (χ3n) is 5.95. The monoisotopic (exact) mass is 472 g/mol. The van der Waals surface area contributed by atoms with E-state index in [9.17, 15) is 9.59 Å². The fraction of sp³-hybridized carbons (Fsp3) is 0.478. The zero-order valence-electron chi connectivity index (χ0n) is 18.7. The van der Waals surface area contributed by atoms with E-state index in [2.05, 4.69) is 11.8 Å². The highest BCUT2D eigenvalue weighted by Gasteiger charge is 2.32. The molecule has 0 N–H and O–H groups in total. The highest BCUT2D eigenvalue weighted by Crippen LogP contribution is 2.34. The first-order chi connectivity index (χ1) is 15.4. The van der Waals surface area contributed by atoms with E-state index in [1.165, 1.54) is 11.8 Å². The second-order valence-electron chi connectivity index (χ2n) is 8.44. The van der Waals surface area contributed by atoms with Crippen molar-refractivity contribution in [3.05, 3.63) is 44.7 Å². The molecule has 0 atom stereocenters. The molecule has 2 aromatic heterocycles. The third kappa shape index (κ3) is 4.60. The van der Waals surface area contributed by atoms with E-state index < -0.39 is 0 Å². The lowest BCUT2D eigenvalue weighted by Crippen LogP contribution is -2.36. The number of aromatic nitrogens is 2. The average molecular weight is 473 g/mol. The second kappa shape index (κ2) is 9.72. The van der Waals surface area contributed by atoms with Gasteiger partial charge >= 0.3 is 0 Å². The molecule has 170 valence electrons. The number of carbonyl (C=O) groups is 1. The lowest BCUT2D eigenvalue weighted by atomic mass is 9.99. The fourth-order valence-electron chi connectivity index (χ4n) is 4.03. The molecule has 4 rings (SSSR count). The van der Waals surface area contributed by atoms with Crippen LogP contribution in [0.4, 0.5) is 5.82 Å². The number of thioether (sulfide) groups is 1. The SMILES string of the molecule is COCCCN1C(=O)/C(=C\c2c(N3CCC(C)CC3)nc3ccc(C)cn3c2=O)SC1=S. The zero-order valence-corrected chi connectivity index (χ0v) is 20.3. The predicted octanol–water partition coefficient (Wildman–Crippen LogP) is 3.48. The van der Waals surface area contributed by atoms with Crippen molar-refractivity contribution >= 4 is 51.7 Å². The van der Waals surface area contributed by atoms with Crippen molar-refractivity contribution in [2.75, 3.05) is 38.3 Å². The molecule has 0 spiro atoms. The molecule has 2 fully saturated rings. The lowest BCUT2D eigenvalue weighted by Gasteiger charge is -2.32. The van der Waals surface area contributed by atoms with E-state index in [4.69, 9.17) is 21.9 Å². The van der Waals surface area contributed by atoms with E-state index in [1.54, 1.807) is 28.7 Å². The Morgan fingerprint density at radius 3 is 2.75 bits per heavy atom. The number of hydrogen-bond donors (Lipinski definition) is 0. The molecule has 0 saturated carbocycles. The molecule has 2 aliphatic heterocycles. The number of aryl methyl sites for hydroxylation is 1. The Morgan fingerprint density at radius 2 is 2.03 bits per heavy atom. The number of methoxy groups -OCH3 is 1. The van der Waals surface area contributed by atoms with Crippen LogP contribution in [-0.4, -0.2) is 57.9 Å². The number of anilines is 1. The van der Waals surface area contributed by atoms with Crippen molar-refractivity contribution in [3.63, 3.8) is 0 Å². The van der Waals surface area contributed by atoms with Gasteiger partial charge in [0.15, 0.2) is 0 Å². The molecule has 1 amide bonds. The Labute approximate surface area is 197 Å². The van der Waals surface area contributed by atoms with E-state index in [0.717, 1.165) is 31.5 Å². The van der Waals surface area contributed by atoms with Crippen LogP contribution in [0.1, 0.15) is 37.3 Å². The van der Waals surface area contributed by atoms with Crippen molar-refractivity contribution in [3.8, 4) is 0 Å². The summed E-state index contributed by atoms with van der Waals surface area (Å²) >= 11 is 6.68. The lowest BCUT2D eigenvalue weighted by molar-refractivity contribution is -0.122. The van der Waals surface area contributed by atoms with Gasteiger partial charge in [0.2, 0.25) is 0 Å². The van der Waals surface area contributed by atoms with Gasteiger partial charge in [-0.15, -0.1) is 0 Å². The summed E-state index contributed by atoms with van der Waals surface area (Å²) in [4.78, 5) is 35.7. The smallest absolute Gasteiger partial charge is 0.267 e. The van der Waals surface area contributed by atoms with Gasteiger partial charge in [0.05, 0.1) is 10.5 Å². The molecule has 0 radical (unpaired) electrons. The van der Waals surface area contributed by atoms with Crippen LogP contribution in [0.2, 0.25) is 0 Å². The van der Waals surface area contributed by atoms with E-state index >= 15 is 0 Å². The van der Waals surface area contributed by atoms with Crippen LogP contribution in [0.5, 0.6) is 0 Å². The van der Waals surface area contributed by atoms with E-state index in [0.29, 0.717) is 51.7 Å². The first-order valence-electron chi connectivity index (χ1n) is 10.9. The standard InChI is InChI=1S/C23H28N4O3S2/c1-15-7-10-25(11-8-15)20-17(21(28)27-14-16(2)5-6-19(27)24-20)13-18-22(29)26(23(31)32-18)9-4-12-30-3/h5-6,13-15H,4,7-12H2,1-3H3/b18-13+. The Morgan fingerprint density at radius 1 is 1.28 bits per heavy atom. The van der Waals surface area contributed by atoms with Crippen LogP contribution in [0.3, 0.4) is 0 Å². The number of fused-ring (bicyclic) bond motifs is 1. The van der Waals surface area contributed by atoms with Crippen LogP contribution in [0.25, 0.3) is 11.7 Å². The quantitative estimate of drug-likeness (QED) is 0.362. The highest BCUT2D eigenvalue weighted by atomic mass is 32.2. The van der Waals surface area contributed by atoms with Gasteiger partial charge in [0.25, 0.3) is 11.5 Å². The van der Waals surface area contributed by atoms with Gasteiger partial charge < -0.3 is 9.64 Å². The van der Waals surface area contributed by atoms with E-state index in [1.807, 2.05) is 19.1 Å². The number of thiocarbonyl (C=S) groups is 1. The Kier molecular flexibility index (Phi) is 6.97. The van der Waals surface area contributed by atoms with Gasteiger partial charge in [-0.25, -0.2) is 4.98 Å². The minimum absolute atomic E-state index is 0.164. The summed E-state index contributed by atoms with van der Waals surface area (Å²) in [5.74, 6) is 1.14. The molecular formula is C23H28N4O3S2. The molecular weight excluding hydrogens is 444 g/mol. The van der Waals surface area contributed by atoms with Gasteiger partial charge in [0.1, 0.15) is 15.8 Å². The summed E-state index contributed by atoms with van der Waals surface area (Å²) in [6.07, 6.45) is 6.28. The Bertz CT molecular complexity index is 1140. The fourth-order valence-corrected chi connectivity index (χ4v) is 5.32. The molecule has 2 aliphatic rings. The van der Waals surface area contributed by atoms with Gasteiger partial charge in [-0.3, -0.25) is 18.9 Å². The minimum Gasteiger partial charge on any atom is -0.385 e. The summed E-state index contributed by atoms with van der Waals surface area (Å²) in [7, 11) is 1.63. The third-order valence-corrected chi connectivity index (χ3v) is 7.33. The van der Waals surface area contributed by atoms with Gasteiger partial charge in [-0.2, -0.15) is 0 Å². The van der Waals surface area contributed by atoms with E-state index in [-0.39, 0.29) is 11.5 Å². The maximum Gasteiger partial charge on any atom is 0.267 e. The molecule has 0 aliphatic carbocycles. The predicted molar refractivity (Wildman–Crippen MR) is 133 cm³/mol. The summed E-state index contributed by atoms with van der Waals surface area (Å²) in [5, 5.41) is 0. The number of ether oxygens (including phenoxy) is 1. The molecule has 9 heteroatoms. The first kappa shape index (κ1) is 22.9. The van der Waals surface area contributed by atoms with Gasteiger partial charge in [-0.1, -0.05) is 37.0 Å². The number of piperidine rings is 1. The van der Waals surface area contributed by atoms with Crippen molar-refractivity contribution in [1.29, 1.82) is 0 Å². The van der Waals surface area contributed by atoms with Gasteiger partial charge in [-0.05, 0) is 49.8 Å². The summed E-state index contributed by atoms with van der Waals surface area (Å²) < 4.78 is 7.17. The summed E-state index contributed by atoms with van der Waals surface area (Å²) in [6, 6.07) is 3.82. The first-order valence-corrected chi connectivity index (χ1v) is 12.1. The van der Waals surface area contributed by atoms with Crippen LogP contribution >= 0.6 is 24.0 Å². The van der Waals surface area contributed by atoms with Crippen molar-refractivity contribution in [1.82, 2.24) is 14.3 Å². The topological polar surface area (TPSA) is 67.2 Å². The van der Waals surface area contributed by atoms with Crippen LogP contribution in [0.15, 0.2) is 28.0 Å². The number of carbonyl (C=O) groups excluding carboxylic acids is 1. The second-order valence-corrected chi connectivity index (χ2v) is 10.1. The maximum atomic E-state index is 13.5. The Hall–Kier alpha value is -2.23. The molecule has 0 unspecified atom stereocenters. The molecule has 2 saturated heterocycles. The summed E-state index contributed by atoms with van der Waals surface area (Å²) in [6.45, 7) is 6.93. The molecule has 2 aromatic rings. The molecule has 7 nitrogen and oxygen atoms in total. The normalized spacial score (nSPS) is 19.0. The highest BCUT2D eigenvalue weighted by molar-refractivity contribution is 8.26. The number of rotatable bonds is 6.